The quantitative estimate of drug-likeness (QED) is 0.877. The van der Waals surface area contributed by atoms with Crippen molar-refractivity contribution in [2.24, 2.45) is 5.92 Å². The van der Waals surface area contributed by atoms with Crippen molar-refractivity contribution >= 4 is 5.91 Å². The fraction of sp³-hybridized carbons (Fsp3) is 0.786. The molecule has 0 radical (unpaired) electrons. The van der Waals surface area contributed by atoms with Crippen LogP contribution in [0.15, 0.2) is 0 Å². The highest BCUT2D eigenvalue weighted by atomic mass is 16.2. The summed E-state index contributed by atoms with van der Waals surface area (Å²) in [6.45, 7) is 4.69. The van der Waals surface area contributed by atoms with Gasteiger partial charge in [0.15, 0.2) is 5.82 Å². The molecule has 2 aliphatic rings. The summed E-state index contributed by atoms with van der Waals surface area (Å²) in [6, 6.07) is -0.0373. The lowest BCUT2D eigenvalue weighted by Crippen LogP contribution is -2.48. The molecule has 2 unspecified atom stereocenters. The van der Waals surface area contributed by atoms with Crippen LogP contribution in [-0.4, -0.2) is 45.2 Å². The third-order valence-electron chi connectivity index (χ3n) is 4.40. The molecule has 1 fully saturated rings. The van der Waals surface area contributed by atoms with E-state index in [9.17, 15) is 4.79 Å². The average Bonchev–Trinajstić information content (AvgIpc) is 3.03. The third kappa shape index (κ3) is 2.57. The van der Waals surface area contributed by atoms with E-state index >= 15 is 0 Å². The van der Waals surface area contributed by atoms with Crippen molar-refractivity contribution in [3.05, 3.63) is 11.6 Å². The molecule has 0 saturated carbocycles. The molecule has 3 rings (SSSR count). The number of piperidine rings is 1. The molecule has 2 aliphatic heterocycles. The Morgan fingerprint density at radius 3 is 3.15 bits per heavy atom. The van der Waals surface area contributed by atoms with Gasteiger partial charge in [0.25, 0.3) is 0 Å². The number of nitrogens with zero attached hydrogens (tertiary/aromatic N) is 4. The molecule has 0 spiro atoms. The number of rotatable bonds is 3. The highest BCUT2D eigenvalue weighted by Crippen LogP contribution is 2.18. The summed E-state index contributed by atoms with van der Waals surface area (Å²) in [5.74, 6) is 2.77. The first kappa shape index (κ1) is 13.5. The molecule has 1 saturated heterocycles. The van der Waals surface area contributed by atoms with E-state index in [1.165, 1.54) is 0 Å². The molecule has 6 heteroatoms. The number of hydrogen-bond donors (Lipinski definition) is 1. The normalized spacial score (nSPS) is 25.5. The van der Waals surface area contributed by atoms with E-state index in [-0.39, 0.29) is 11.9 Å². The van der Waals surface area contributed by atoms with Gasteiger partial charge in [0.1, 0.15) is 5.82 Å². The highest BCUT2D eigenvalue weighted by Gasteiger charge is 2.28. The van der Waals surface area contributed by atoms with Gasteiger partial charge in [0.05, 0.1) is 12.6 Å². The minimum absolute atomic E-state index is 0.0373. The first-order valence-corrected chi connectivity index (χ1v) is 7.54. The number of aromatic nitrogens is 3. The van der Waals surface area contributed by atoms with Gasteiger partial charge in [-0.1, -0.05) is 6.92 Å². The van der Waals surface area contributed by atoms with Gasteiger partial charge in [-0.2, -0.15) is 0 Å². The average molecular weight is 277 g/mol. The van der Waals surface area contributed by atoms with E-state index in [1.54, 1.807) is 4.90 Å². The number of nitrogens with one attached hydrogen (secondary N) is 1. The maximum absolute atomic E-state index is 12.5. The topological polar surface area (TPSA) is 63.1 Å². The zero-order chi connectivity index (χ0) is 14.1. The zero-order valence-electron chi connectivity index (χ0n) is 12.3. The van der Waals surface area contributed by atoms with E-state index in [0.29, 0.717) is 12.5 Å². The third-order valence-corrected chi connectivity index (χ3v) is 4.40. The van der Waals surface area contributed by atoms with Gasteiger partial charge in [-0.15, -0.1) is 10.2 Å². The first-order chi connectivity index (χ1) is 9.65. The molecule has 3 heterocycles. The Morgan fingerprint density at radius 1 is 1.50 bits per heavy atom. The van der Waals surface area contributed by atoms with Crippen LogP contribution in [0.3, 0.4) is 0 Å². The van der Waals surface area contributed by atoms with E-state index in [4.69, 9.17) is 0 Å². The van der Waals surface area contributed by atoms with Crippen molar-refractivity contribution < 1.29 is 4.79 Å². The van der Waals surface area contributed by atoms with Crippen molar-refractivity contribution in [1.82, 2.24) is 25.0 Å². The number of amides is 1. The first-order valence-electron chi connectivity index (χ1n) is 7.54. The number of fused-ring (bicyclic) bond motifs is 1. The minimum atomic E-state index is -0.0373. The second-order valence-corrected chi connectivity index (χ2v) is 6.12. The van der Waals surface area contributed by atoms with Crippen molar-refractivity contribution in [3.63, 3.8) is 0 Å². The molecule has 110 valence electrons. The second-order valence-electron chi connectivity index (χ2n) is 6.12. The van der Waals surface area contributed by atoms with Crippen LogP contribution in [0.1, 0.15) is 37.8 Å². The largest absolute Gasteiger partial charge is 0.337 e. The van der Waals surface area contributed by atoms with Crippen LogP contribution in [0.5, 0.6) is 0 Å². The molecule has 20 heavy (non-hydrogen) atoms. The summed E-state index contributed by atoms with van der Waals surface area (Å²) >= 11 is 0. The van der Waals surface area contributed by atoms with Crippen LogP contribution in [0.2, 0.25) is 0 Å². The summed E-state index contributed by atoms with van der Waals surface area (Å²) < 4.78 is 2.15. The molecule has 1 amide bonds. The summed E-state index contributed by atoms with van der Waals surface area (Å²) in [5.41, 5.74) is 0. The maximum Gasteiger partial charge on any atom is 0.239 e. The van der Waals surface area contributed by atoms with Gasteiger partial charge in [0.2, 0.25) is 5.91 Å². The molecule has 0 aromatic carbocycles. The summed E-state index contributed by atoms with van der Waals surface area (Å²) in [6.07, 6.45) is 4.23. The molecule has 1 aromatic rings. The zero-order valence-corrected chi connectivity index (χ0v) is 12.3. The van der Waals surface area contributed by atoms with Gasteiger partial charge < -0.3 is 14.8 Å². The smallest absolute Gasteiger partial charge is 0.239 e. The van der Waals surface area contributed by atoms with E-state index in [1.807, 2.05) is 7.05 Å². The Kier molecular flexibility index (Phi) is 3.74. The lowest BCUT2D eigenvalue weighted by atomic mass is 9.93. The maximum atomic E-state index is 12.5. The van der Waals surface area contributed by atoms with Crippen molar-refractivity contribution in [2.45, 2.75) is 51.7 Å². The van der Waals surface area contributed by atoms with Crippen LogP contribution in [-0.2, 0) is 24.3 Å². The number of aryl methyl sites for hydroxylation is 1. The van der Waals surface area contributed by atoms with Gasteiger partial charge in [0, 0.05) is 20.0 Å². The highest BCUT2D eigenvalue weighted by molar-refractivity contribution is 5.81. The number of carbonyl (C=O) groups is 1. The predicted octanol–water partition coefficient (Wildman–Crippen LogP) is 0.571. The van der Waals surface area contributed by atoms with Crippen LogP contribution >= 0.6 is 0 Å². The number of likely N-dealkylation sites (N-methyl/N-ethyl adjacent to an activating group) is 1. The van der Waals surface area contributed by atoms with E-state index in [2.05, 4.69) is 27.0 Å². The van der Waals surface area contributed by atoms with Crippen molar-refractivity contribution in [1.29, 1.82) is 0 Å². The molecule has 2 atom stereocenters. The monoisotopic (exact) mass is 277 g/mol. The Hall–Kier alpha value is -1.43. The summed E-state index contributed by atoms with van der Waals surface area (Å²) in [5, 5.41) is 11.7. The number of carbonyl (C=O) groups excluding carboxylic acids is 1. The van der Waals surface area contributed by atoms with Crippen LogP contribution < -0.4 is 5.32 Å². The van der Waals surface area contributed by atoms with Crippen LogP contribution in [0, 0.1) is 5.92 Å². The van der Waals surface area contributed by atoms with Gasteiger partial charge in [-0.05, 0) is 31.7 Å². The van der Waals surface area contributed by atoms with Gasteiger partial charge in [-0.25, -0.2) is 0 Å². The second kappa shape index (κ2) is 5.52. The fourth-order valence-corrected chi connectivity index (χ4v) is 3.18. The Morgan fingerprint density at radius 2 is 2.35 bits per heavy atom. The van der Waals surface area contributed by atoms with Crippen molar-refractivity contribution in [3.8, 4) is 0 Å². The van der Waals surface area contributed by atoms with E-state index in [0.717, 1.165) is 50.4 Å². The van der Waals surface area contributed by atoms with Crippen LogP contribution in [0.4, 0.5) is 0 Å². The Bertz CT molecular complexity index is 498. The lowest BCUT2D eigenvalue weighted by Gasteiger charge is -2.30. The van der Waals surface area contributed by atoms with Gasteiger partial charge >= 0.3 is 0 Å². The molecule has 0 bridgehead atoms. The Balaban J connectivity index is 1.63. The number of hydrogen-bond acceptors (Lipinski definition) is 4. The fourth-order valence-electron chi connectivity index (χ4n) is 3.18. The van der Waals surface area contributed by atoms with Crippen molar-refractivity contribution in [2.75, 3.05) is 13.6 Å². The minimum Gasteiger partial charge on any atom is -0.337 e. The Labute approximate surface area is 119 Å². The SMILES string of the molecule is CC1CCNC(C(=O)N(C)Cc2nnc3n2CCC3)C1. The molecule has 0 aliphatic carbocycles. The summed E-state index contributed by atoms with van der Waals surface area (Å²) in [4.78, 5) is 14.3. The molecular formula is C14H23N5O. The molecule has 6 nitrogen and oxygen atoms in total. The predicted molar refractivity (Wildman–Crippen MR) is 75.0 cm³/mol. The molecule has 1 N–H and O–H groups in total. The van der Waals surface area contributed by atoms with Crippen LogP contribution in [0.25, 0.3) is 0 Å². The molecule has 1 aromatic heterocycles. The van der Waals surface area contributed by atoms with E-state index < -0.39 is 0 Å². The summed E-state index contributed by atoms with van der Waals surface area (Å²) in [7, 11) is 1.86. The van der Waals surface area contributed by atoms with Gasteiger partial charge in [-0.3, -0.25) is 4.79 Å². The standard InChI is InChI=1S/C14H23N5O/c1-10-5-6-15-11(8-10)14(20)18(2)9-13-17-16-12-4-3-7-19(12)13/h10-11,15H,3-9H2,1-2H3. The lowest BCUT2D eigenvalue weighted by molar-refractivity contribution is -0.133. The molecular weight excluding hydrogens is 254 g/mol.